The minimum absolute atomic E-state index is 0.0908. The van der Waals surface area contributed by atoms with Crippen LogP contribution in [-0.4, -0.2) is 70.5 Å². The minimum atomic E-state index is -0.597. The van der Waals surface area contributed by atoms with Crippen LogP contribution < -0.4 is 10.5 Å². The number of aliphatic imine (C=N–C) groups is 1. The van der Waals surface area contributed by atoms with Gasteiger partial charge in [-0.25, -0.2) is 19.2 Å². The fraction of sp³-hybridized carbons (Fsp3) is 0.538. The lowest BCUT2D eigenvalue weighted by Crippen LogP contribution is -2.35. The van der Waals surface area contributed by atoms with E-state index in [0.717, 1.165) is 17.6 Å². The molecule has 2 aromatic heterocycles. The van der Waals surface area contributed by atoms with Crippen LogP contribution in [0.15, 0.2) is 40.9 Å². The normalized spacial score (nSPS) is 19.2. The smallest absolute Gasteiger partial charge is 0.410 e. The van der Waals surface area contributed by atoms with Crippen LogP contribution in [0.2, 0.25) is 0 Å². The highest BCUT2D eigenvalue weighted by Crippen LogP contribution is 2.26. The molecular formula is C26H35FN6O4. The standard InChI is InChI=1S/C26H35FN6O4/c1-26(2,3)37-25(34)32-8-5-17(14-32)15-33-16-18(12-30-33)23(20-6-9-36-10-7-22(20)28)31-19-11-21(27)24(35-4)29-13-19/h11-13,16-17H,5-10,14-15,28H2,1-4H3. The number of methoxy groups -OCH3 is 1. The van der Waals surface area contributed by atoms with Crippen LogP contribution >= 0.6 is 0 Å². The molecule has 1 atom stereocenters. The maximum atomic E-state index is 14.3. The van der Waals surface area contributed by atoms with Gasteiger partial charge in [0.1, 0.15) is 5.60 Å². The van der Waals surface area contributed by atoms with E-state index in [4.69, 9.17) is 24.9 Å². The Kier molecular flexibility index (Phi) is 8.11. The molecule has 2 N–H and O–H groups in total. The van der Waals surface area contributed by atoms with Gasteiger partial charge in [-0.15, -0.1) is 0 Å². The number of pyridine rings is 1. The molecule has 2 aliphatic heterocycles. The van der Waals surface area contributed by atoms with Gasteiger partial charge in [-0.2, -0.15) is 5.10 Å². The summed E-state index contributed by atoms with van der Waals surface area (Å²) in [6, 6.07) is 1.28. The van der Waals surface area contributed by atoms with E-state index in [2.05, 4.69) is 10.1 Å². The third kappa shape index (κ3) is 6.85. The molecule has 1 amide bonds. The number of rotatable bonds is 6. The van der Waals surface area contributed by atoms with Crippen molar-refractivity contribution in [3.63, 3.8) is 0 Å². The zero-order chi connectivity index (χ0) is 26.6. The lowest BCUT2D eigenvalue weighted by atomic mass is 9.99. The zero-order valence-corrected chi connectivity index (χ0v) is 21.9. The average Bonchev–Trinajstić information content (AvgIpc) is 3.44. The monoisotopic (exact) mass is 514 g/mol. The molecule has 0 bridgehead atoms. The van der Waals surface area contributed by atoms with E-state index in [-0.39, 0.29) is 17.9 Å². The number of carbonyl (C=O) groups is 1. The third-order valence-electron chi connectivity index (χ3n) is 6.20. The van der Waals surface area contributed by atoms with E-state index in [1.54, 1.807) is 11.1 Å². The SMILES string of the molecule is COc1ncc(N=C(C2=C(N)CCOCC2)c2cnn(CC3CCN(C(=O)OC(C)(C)C)C3)c2)cc1F. The van der Waals surface area contributed by atoms with Crippen molar-refractivity contribution in [1.82, 2.24) is 19.7 Å². The van der Waals surface area contributed by atoms with Gasteiger partial charge in [0.2, 0.25) is 5.88 Å². The Morgan fingerprint density at radius 1 is 1.30 bits per heavy atom. The molecule has 1 fully saturated rings. The first-order valence-corrected chi connectivity index (χ1v) is 12.5. The zero-order valence-electron chi connectivity index (χ0n) is 21.9. The minimum Gasteiger partial charge on any atom is -0.479 e. The highest BCUT2D eigenvalue weighted by atomic mass is 19.1. The molecule has 4 heterocycles. The van der Waals surface area contributed by atoms with Crippen molar-refractivity contribution in [2.75, 3.05) is 33.4 Å². The Morgan fingerprint density at radius 3 is 2.81 bits per heavy atom. The van der Waals surface area contributed by atoms with Crippen molar-refractivity contribution >= 4 is 17.5 Å². The van der Waals surface area contributed by atoms with Gasteiger partial charge >= 0.3 is 6.09 Å². The molecule has 0 aliphatic carbocycles. The largest absolute Gasteiger partial charge is 0.479 e. The summed E-state index contributed by atoms with van der Waals surface area (Å²) < 4.78 is 32.2. The Hall–Kier alpha value is -3.47. The van der Waals surface area contributed by atoms with Crippen molar-refractivity contribution in [3.8, 4) is 5.88 Å². The lowest BCUT2D eigenvalue weighted by molar-refractivity contribution is 0.0286. The Balaban J connectivity index is 1.56. The van der Waals surface area contributed by atoms with Crippen molar-refractivity contribution in [2.24, 2.45) is 16.6 Å². The van der Waals surface area contributed by atoms with E-state index in [0.29, 0.717) is 62.8 Å². The summed E-state index contributed by atoms with van der Waals surface area (Å²) in [4.78, 5) is 22.9. The molecule has 0 saturated carbocycles. The third-order valence-corrected chi connectivity index (χ3v) is 6.20. The van der Waals surface area contributed by atoms with Gasteiger partial charge in [0.25, 0.3) is 0 Å². The molecule has 200 valence electrons. The first kappa shape index (κ1) is 26.6. The van der Waals surface area contributed by atoms with Crippen LogP contribution in [0.3, 0.4) is 0 Å². The van der Waals surface area contributed by atoms with E-state index in [9.17, 15) is 9.18 Å². The van der Waals surface area contributed by atoms with Crippen molar-refractivity contribution in [2.45, 2.75) is 52.2 Å². The molecule has 1 saturated heterocycles. The fourth-order valence-corrected chi connectivity index (χ4v) is 4.43. The van der Waals surface area contributed by atoms with Crippen LogP contribution in [0.25, 0.3) is 0 Å². The van der Waals surface area contributed by atoms with E-state index in [1.807, 2.05) is 31.6 Å². The second-order valence-electron chi connectivity index (χ2n) is 10.3. The van der Waals surface area contributed by atoms with Gasteiger partial charge in [-0.1, -0.05) is 0 Å². The first-order chi connectivity index (χ1) is 17.6. The first-order valence-electron chi connectivity index (χ1n) is 12.5. The quantitative estimate of drug-likeness (QED) is 0.582. The lowest BCUT2D eigenvalue weighted by Gasteiger charge is -2.24. The number of hydrogen-bond donors (Lipinski definition) is 1. The highest BCUT2D eigenvalue weighted by molar-refractivity contribution is 6.13. The van der Waals surface area contributed by atoms with Crippen LogP contribution in [-0.2, 0) is 16.0 Å². The summed E-state index contributed by atoms with van der Waals surface area (Å²) >= 11 is 0. The Bertz CT molecular complexity index is 1190. The molecule has 11 heteroatoms. The van der Waals surface area contributed by atoms with Gasteiger partial charge < -0.3 is 24.8 Å². The van der Waals surface area contributed by atoms with Gasteiger partial charge in [-0.3, -0.25) is 4.68 Å². The van der Waals surface area contributed by atoms with Crippen molar-refractivity contribution in [3.05, 3.63) is 47.3 Å². The molecule has 1 unspecified atom stereocenters. The van der Waals surface area contributed by atoms with E-state index >= 15 is 0 Å². The molecule has 0 spiro atoms. The number of carbonyl (C=O) groups excluding carboxylic acids is 1. The van der Waals surface area contributed by atoms with Gasteiger partial charge in [0.15, 0.2) is 5.82 Å². The molecule has 0 radical (unpaired) electrons. The van der Waals surface area contributed by atoms with Gasteiger partial charge in [-0.05, 0) is 45.1 Å². The summed E-state index contributed by atoms with van der Waals surface area (Å²) in [5.74, 6) is -0.441. The average molecular weight is 515 g/mol. The number of amides is 1. The summed E-state index contributed by atoms with van der Waals surface area (Å²) in [7, 11) is 1.36. The summed E-state index contributed by atoms with van der Waals surface area (Å²) in [5.41, 5.74) is 9.14. The maximum absolute atomic E-state index is 14.3. The molecule has 2 aromatic rings. The maximum Gasteiger partial charge on any atom is 0.410 e. The van der Waals surface area contributed by atoms with Crippen LogP contribution in [0.1, 0.15) is 45.6 Å². The van der Waals surface area contributed by atoms with Crippen LogP contribution in [0.4, 0.5) is 14.9 Å². The molecule has 0 aromatic carbocycles. The number of likely N-dealkylation sites (tertiary alicyclic amines) is 1. The number of ether oxygens (including phenoxy) is 3. The van der Waals surface area contributed by atoms with Gasteiger partial charge in [0.05, 0.1) is 44.1 Å². The van der Waals surface area contributed by atoms with Gasteiger partial charge in [0, 0.05) is 49.6 Å². The molecule has 2 aliphatic rings. The summed E-state index contributed by atoms with van der Waals surface area (Å²) in [6.45, 7) is 8.54. The van der Waals surface area contributed by atoms with Crippen LogP contribution in [0.5, 0.6) is 5.88 Å². The predicted molar refractivity (Wildman–Crippen MR) is 136 cm³/mol. The van der Waals surface area contributed by atoms with Crippen molar-refractivity contribution < 1.29 is 23.4 Å². The number of nitrogens with zero attached hydrogens (tertiary/aromatic N) is 5. The highest BCUT2D eigenvalue weighted by Gasteiger charge is 2.30. The number of nitrogens with two attached hydrogens (primary N) is 1. The molecule has 4 rings (SSSR count). The fourth-order valence-electron chi connectivity index (χ4n) is 4.43. The Morgan fingerprint density at radius 2 is 2.08 bits per heavy atom. The molecule has 37 heavy (non-hydrogen) atoms. The Labute approximate surface area is 216 Å². The van der Waals surface area contributed by atoms with Crippen LogP contribution in [0, 0.1) is 11.7 Å². The van der Waals surface area contributed by atoms with Crippen molar-refractivity contribution in [1.29, 1.82) is 0 Å². The predicted octanol–water partition coefficient (Wildman–Crippen LogP) is 3.83. The summed E-state index contributed by atoms with van der Waals surface area (Å²) in [5, 5.41) is 4.56. The molecule has 10 nitrogen and oxygen atoms in total. The van der Waals surface area contributed by atoms with E-state index < -0.39 is 11.4 Å². The molecular weight excluding hydrogens is 479 g/mol. The second kappa shape index (κ2) is 11.3. The summed E-state index contributed by atoms with van der Waals surface area (Å²) in [6.07, 6.45) is 6.84. The second-order valence-corrected chi connectivity index (χ2v) is 10.3. The number of hydrogen-bond acceptors (Lipinski definition) is 8. The topological polar surface area (TPSA) is 117 Å². The van der Waals surface area contributed by atoms with E-state index in [1.165, 1.54) is 19.4 Å². The number of aromatic nitrogens is 3. The number of halogens is 1.